The molecule has 6 nitrogen and oxygen atoms in total. The Labute approximate surface area is 142 Å². The molecule has 0 unspecified atom stereocenters. The maximum Gasteiger partial charge on any atom is 0.303 e. The Kier molecular flexibility index (Phi) is 5.58. The van der Waals surface area contributed by atoms with Gasteiger partial charge in [0.2, 0.25) is 0 Å². The monoisotopic (exact) mass is 347 g/mol. The van der Waals surface area contributed by atoms with Gasteiger partial charge in [-0.1, -0.05) is 30.3 Å². The van der Waals surface area contributed by atoms with E-state index in [-0.39, 0.29) is 5.91 Å². The summed E-state index contributed by atoms with van der Waals surface area (Å²) < 4.78 is 26.5. The van der Waals surface area contributed by atoms with Gasteiger partial charge in [-0.25, -0.2) is 0 Å². The van der Waals surface area contributed by atoms with Gasteiger partial charge in [0, 0.05) is 33.3 Å². The quantitative estimate of drug-likeness (QED) is 0.867. The Hall–Kier alpha value is -2.38. The molecular formula is C17H21N3O3S. The zero-order valence-corrected chi connectivity index (χ0v) is 14.7. The number of carbonyl (C=O) groups excluding carboxylic acids is 1. The van der Waals surface area contributed by atoms with Crippen LogP contribution in [0.1, 0.15) is 15.9 Å². The Morgan fingerprint density at radius 1 is 0.958 bits per heavy atom. The van der Waals surface area contributed by atoms with Crippen molar-refractivity contribution in [3.8, 4) is 0 Å². The third kappa shape index (κ3) is 4.12. The largest absolute Gasteiger partial charge is 0.348 e. The second-order valence-corrected chi connectivity index (χ2v) is 7.65. The molecule has 0 aliphatic heterocycles. The van der Waals surface area contributed by atoms with Crippen LogP contribution in [0.15, 0.2) is 54.6 Å². The Morgan fingerprint density at radius 2 is 1.54 bits per heavy atom. The molecule has 0 radical (unpaired) electrons. The maximum absolute atomic E-state index is 12.2. The number of nitrogens with zero attached hydrogens (tertiary/aromatic N) is 2. The predicted molar refractivity (Wildman–Crippen MR) is 95.1 cm³/mol. The van der Waals surface area contributed by atoms with Crippen molar-refractivity contribution < 1.29 is 13.2 Å². The lowest BCUT2D eigenvalue weighted by Crippen LogP contribution is -2.37. The second-order valence-electron chi connectivity index (χ2n) is 5.47. The van der Waals surface area contributed by atoms with Crippen LogP contribution in [-0.2, 0) is 16.8 Å². The van der Waals surface area contributed by atoms with Gasteiger partial charge < -0.3 is 5.32 Å². The van der Waals surface area contributed by atoms with Crippen LogP contribution in [0.3, 0.4) is 0 Å². The molecule has 0 aliphatic rings. The van der Waals surface area contributed by atoms with Crippen LogP contribution in [0.2, 0.25) is 0 Å². The summed E-state index contributed by atoms with van der Waals surface area (Å²) in [7, 11) is 0.868. The van der Waals surface area contributed by atoms with E-state index in [0.717, 1.165) is 9.87 Å². The van der Waals surface area contributed by atoms with E-state index in [1.54, 1.807) is 24.3 Å². The van der Waals surface area contributed by atoms with Crippen molar-refractivity contribution >= 4 is 21.8 Å². The number of benzene rings is 2. The summed E-state index contributed by atoms with van der Waals surface area (Å²) >= 11 is 0. The minimum absolute atomic E-state index is 0.205. The zero-order chi connectivity index (χ0) is 17.7. The highest BCUT2D eigenvalue weighted by Gasteiger charge is 2.20. The fourth-order valence-corrected chi connectivity index (χ4v) is 2.96. The molecule has 0 spiro atoms. The summed E-state index contributed by atoms with van der Waals surface area (Å²) in [5.74, 6) is -0.205. The average molecular weight is 347 g/mol. The summed E-state index contributed by atoms with van der Waals surface area (Å²) in [5.41, 5.74) is 1.98. The van der Waals surface area contributed by atoms with Gasteiger partial charge in [0.15, 0.2) is 0 Å². The van der Waals surface area contributed by atoms with Gasteiger partial charge in [-0.3, -0.25) is 9.10 Å². The highest BCUT2D eigenvalue weighted by molar-refractivity contribution is 7.90. The van der Waals surface area contributed by atoms with Crippen molar-refractivity contribution in [1.82, 2.24) is 9.62 Å². The van der Waals surface area contributed by atoms with Crippen LogP contribution >= 0.6 is 0 Å². The maximum atomic E-state index is 12.2. The fraction of sp³-hybridized carbons (Fsp3) is 0.235. The molecule has 0 saturated heterocycles. The molecule has 0 atom stereocenters. The van der Waals surface area contributed by atoms with E-state index in [4.69, 9.17) is 0 Å². The predicted octanol–water partition coefficient (Wildman–Crippen LogP) is 1.86. The normalized spacial score (nSPS) is 11.3. The van der Waals surface area contributed by atoms with E-state index < -0.39 is 10.2 Å². The van der Waals surface area contributed by atoms with E-state index in [2.05, 4.69) is 5.32 Å². The van der Waals surface area contributed by atoms with Crippen molar-refractivity contribution in [2.24, 2.45) is 0 Å². The fourth-order valence-electron chi connectivity index (χ4n) is 2.08. The molecule has 0 fully saturated rings. The van der Waals surface area contributed by atoms with Crippen molar-refractivity contribution in [3.05, 3.63) is 65.7 Å². The van der Waals surface area contributed by atoms with E-state index in [1.807, 2.05) is 30.3 Å². The molecule has 1 amide bonds. The topological polar surface area (TPSA) is 69.7 Å². The van der Waals surface area contributed by atoms with Gasteiger partial charge in [0.25, 0.3) is 5.91 Å². The van der Waals surface area contributed by atoms with E-state index in [0.29, 0.717) is 17.8 Å². The molecule has 7 heteroatoms. The van der Waals surface area contributed by atoms with Crippen molar-refractivity contribution in [2.75, 3.05) is 25.4 Å². The molecule has 24 heavy (non-hydrogen) atoms. The van der Waals surface area contributed by atoms with Crippen molar-refractivity contribution in [1.29, 1.82) is 0 Å². The van der Waals surface area contributed by atoms with Crippen LogP contribution in [0, 0.1) is 0 Å². The molecule has 2 aromatic rings. The third-order valence-corrected chi connectivity index (χ3v) is 5.42. The molecule has 0 aliphatic carbocycles. The van der Waals surface area contributed by atoms with Crippen molar-refractivity contribution in [2.45, 2.75) is 6.54 Å². The molecule has 0 aromatic heterocycles. The number of rotatable bonds is 6. The third-order valence-electron chi connectivity index (χ3n) is 3.60. The second kappa shape index (κ2) is 7.46. The van der Waals surface area contributed by atoms with Gasteiger partial charge in [0.1, 0.15) is 0 Å². The lowest BCUT2D eigenvalue weighted by molar-refractivity contribution is 0.0951. The summed E-state index contributed by atoms with van der Waals surface area (Å²) in [6.45, 7) is 0.441. The molecule has 2 rings (SSSR count). The average Bonchev–Trinajstić information content (AvgIpc) is 2.60. The molecule has 128 valence electrons. The number of carbonyl (C=O) groups is 1. The standard InChI is InChI=1S/C17H21N3O3S/c1-19(2)24(22,23)20(3)16-11-9-15(10-12-16)17(21)18-13-14-7-5-4-6-8-14/h4-12H,13H2,1-3H3,(H,18,21). The number of hydrogen-bond donors (Lipinski definition) is 1. The van der Waals surface area contributed by atoms with Crippen LogP contribution in [0.4, 0.5) is 5.69 Å². The lowest BCUT2D eigenvalue weighted by atomic mass is 10.2. The van der Waals surface area contributed by atoms with E-state index in [1.165, 1.54) is 25.4 Å². The Bertz CT molecular complexity index is 788. The van der Waals surface area contributed by atoms with Crippen molar-refractivity contribution in [3.63, 3.8) is 0 Å². The number of amides is 1. The molecule has 0 heterocycles. The van der Waals surface area contributed by atoms with Crippen LogP contribution in [0.5, 0.6) is 0 Å². The van der Waals surface area contributed by atoms with Gasteiger partial charge >= 0.3 is 10.2 Å². The first-order valence-corrected chi connectivity index (χ1v) is 8.80. The number of anilines is 1. The summed E-state index contributed by atoms with van der Waals surface area (Å²) in [6, 6.07) is 16.1. The molecule has 0 bridgehead atoms. The first kappa shape index (κ1) is 18.0. The Morgan fingerprint density at radius 3 is 2.08 bits per heavy atom. The van der Waals surface area contributed by atoms with E-state index in [9.17, 15) is 13.2 Å². The SMILES string of the molecule is CN(C)S(=O)(=O)N(C)c1ccc(C(=O)NCc2ccccc2)cc1. The first-order valence-electron chi connectivity index (χ1n) is 7.41. The minimum atomic E-state index is -3.54. The zero-order valence-electron chi connectivity index (χ0n) is 13.9. The lowest BCUT2D eigenvalue weighted by Gasteiger charge is -2.23. The molecule has 2 aromatic carbocycles. The van der Waals surface area contributed by atoms with Crippen LogP contribution < -0.4 is 9.62 Å². The molecule has 0 saturated carbocycles. The van der Waals surface area contributed by atoms with E-state index >= 15 is 0 Å². The number of nitrogens with one attached hydrogen (secondary N) is 1. The highest BCUT2D eigenvalue weighted by atomic mass is 32.2. The van der Waals surface area contributed by atoms with Gasteiger partial charge in [0.05, 0.1) is 5.69 Å². The highest BCUT2D eigenvalue weighted by Crippen LogP contribution is 2.18. The molecular weight excluding hydrogens is 326 g/mol. The minimum Gasteiger partial charge on any atom is -0.348 e. The molecule has 1 N–H and O–H groups in total. The van der Waals surface area contributed by atoms with Gasteiger partial charge in [-0.05, 0) is 29.8 Å². The van der Waals surface area contributed by atoms with Gasteiger partial charge in [-0.15, -0.1) is 0 Å². The van der Waals surface area contributed by atoms with Gasteiger partial charge in [-0.2, -0.15) is 12.7 Å². The van der Waals surface area contributed by atoms with Crippen LogP contribution in [-0.4, -0.2) is 39.8 Å². The first-order chi connectivity index (χ1) is 11.3. The number of hydrogen-bond acceptors (Lipinski definition) is 3. The smallest absolute Gasteiger partial charge is 0.303 e. The summed E-state index contributed by atoms with van der Waals surface area (Å²) in [6.07, 6.45) is 0. The Balaban J connectivity index is 2.05. The van der Waals surface area contributed by atoms with Crippen LogP contribution in [0.25, 0.3) is 0 Å². The summed E-state index contributed by atoms with van der Waals surface area (Å²) in [5, 5.41) is 2.83. The summed E-state index contributed by atoms with van der Waals surface area (Å²) in [4.78, 5) is 12.2.